The van der Waals surface area contributed by atoms with Crippen LogP contribution in [0.5, 0.6) is 0 Å². The Hall–Kier alpha value is -1.07. The van der Waals surface area contributed by atoms with E-state index in [-0.39, 0.29) is 11.3 Å². The van der Waals surface area contributed by atoms with Gasteiger partial charge in [-0.1, -0.05) is 18.6 Å². The molecule has 0 spiro atoms. The van der Waals surface area contributed by atoms with Gasteiger partial charge in [0, 0.05) is 24.0 Å². The molecule has 0 bridgehead atoms. The van der Waals surface area contributed by atoms with Gasteiger partial charge in [-0.15, -0.1) is 0 Å². The van der Waals surface area contributed by atoms with Crippen LogP contribution in [0.4, 0.5) is 5.69 Å². The van der Waals surface area contributed by atoms with Gasteiger partial charge in [0.2, 0.25) is 0 Å². The highest BCUT2D eigenvalue weighted by atomic mass is 32.2. The Morgan fingerprint density at radius 3 is 2.67 bits per heavy atom. The molecule has 1 aliphatic rings. The van der Waals surface area contributed by atoms with E-state index in [1.54, 1.807) is 0 Å². The van der Waals surface area contributed by atoms with E-state index in [2.05, 4.69) is 24.9 Å². The summed E-state index contributed by atoms with van der Waals surface area (Å²) in [7, 11) is -0.850. The number of hydrogen-bond donors (Lipinski definition) is 1. The highest BCUT2D eigenvalue weighted by molar-refractivity contribution is 7.91. The molecular formula is C16H26N2O2S. The van der Waals surface area contributed by atoms with Gasteiger partial charge in [-0.05, 0) is 50.9 Å². The van der Waals surface area contributed by atoms with E-state index in [9.17, 15) is 8.42 Å². The molecule has 4 nitrogen and oxygen atoms in total. The van der Waals surface area contributed by atoms with Crippen LogP contribution in [0.1, 0.15) is 44.2 Å². The zero-order chi connectivity index (χ0) is 15.6. The van der Waals surface area contributed by atoms with E-state index < -0.39 is 9.84 Å². The van der Waals surface area contributed by atoms with Crippen LogP contribution in [0.25, 0.3) is 0 Å². The number of nitrogens with two attached hydrogens (primary N) is 1. The second-order valence-electron chi connectivity index (χ2n) is 6.28. The number of anilines is 1. The summed E-state index contributed by atoms with van der Waals surface area (Å²) in [6, 6.07) is 8.48. The number of nitrogens with zero attached hydrogens (tertiary/aromatic N) is 1. The van der Waals surface area contributed by atoms with Crippen molar-refractivity contribution in [1.29, 1.82) is 0 Å². The van der Waals surface area contributed by atoms with Crippen molar-refractivity contribution in [3.8, 4) is 0 Å². The Morgan fingerprint density at radius 2 is 2.05 bits per heavy atom. The lowest BCUT2D eigenvalue weighted by atomic mass is 9.92. The Labute approximate surface area is 128 Å². The average molecular weight is 310 g/mol. The minimum Gasteiger partial charge on any atom is -0.399 e. The Bertz CT molecular complexity index is 586. The summed E-state index contributed by atoms with van der Waals surface area (Å²) in [5.74, 6) is 0. The first-order valence-electron chi connectivity index (χ1n) is 7.55. The maximum absolute atomic E-state index is 11.8. The van der Waals surface area contributed by atoms with Crippen molar-refractivity contribution < 1.29 is 8.42 Å². The van der Waals surface area contributed by atoms with Crippen molar-refractivity contribution in [3.05, 3.63) is 29.8 Å². The van der Waals surface area contributed by atoms with Gasteiger partial charge in [0.05, 0.1) is 5.25 Å². The molecule has 0 radical (unpaired) electrons. The van der Waals surface area contributed by atoms with Gasteiger partial charge in [-0.25, -0.2) is 8.42 Å². The number of rotatable bonds is 4. The molecule has 2 rings (SSSR count). The molecule has 0 aromatic heterocycles. The highest BCUT2D eigenvalue weighted by Crippen LogP contribution is 2.31. The lowest BCUT2D eigenvalue weighted by molar-refractivity contribution is 0.148. The summed E-state index contributed by atoms with van der Waals surface area (Å²) < 4.78 is 23.6. The second-order valence-corrected chi connectivity index (χ2v) is 8.61. The zero-order valence-electron chi connectivity index (χ0n) is 13.1. The molecule has 0 heterocycles. The molecule has 0 saturated heterocycles. The first-order chi connectivity index (χ1) is 9.79. The minimum absolute atomic E-state index is 0.188. The van der Waals surface area contributed by atoms with Crippen LogP contribution in [-0.4, -0.2) is 37.9 Å². The molecule has 1 aromatic carbocycles. The van der Waals surface area contributed by atoms with E-state index >= 15 is 0 Å². The van der Waals surface area contributed by atoms with Gasteiger partial charge in [0.15, 0.2) is 0 Å². The summed E-state index contributed by atoms with van der Waals surface area (Å²) in [5, 5.41) is -0.188. The van der Waals surface area contributed by atoms with Gasteiger partial charge >= 0.3 is 0 Å². The third-order valence-electron chi connectivity index (χ3n) is 4.78. The molecule has 5 heteroatoms. The van der Waals surface area contributed by atoms with Crippen molar-refractivity contribution in [2.45, 2.75) is 49.9 Å². The Balaban J connectivity index is 2.10. The summed E-state index contributed by atoms with van der Waals surface area (Å²) in [5.41, 5.74) is 7.80. The number of sulfone groups is 1. The zero-order valence-corrected chi connectivity index (χ0v) is 13.9. The Morgan fingerprint density at radius 1 is 1.33 bits per heavy atom. The average Bonchev–Trinajstić information content (AvgIpc) is 2.45. The standard InChI is InChI=1S/C16H26N2O2S/c1-12(13-6-4-7-14(17)10-13)18(2)15-8-5-9-16(11-15)21(3,19)20/h4,6-7,10,12,15-16H,5,8-9,11,17H2,1-3H3. The van der Waals surface area contributed by atoms with Crippen LogP contribution in [0, 0.1) is 0 Å². The SMILES string of the molecule is CC(c1cccc(N)c1)N(C)C1CCCC(S(C)(=O)=O)C1. The van der Waals surface area contributed by atoms with Crippen molar-refractivity contribution >= 4 is 15.5 Å². The van der Waals surface area contributed by atoms with Gasteiger partial charge in [-0.3, -0.25) is 4.90 Å². The van der Waals surface area contributed by atoms with Crippen molar-refractivity contribution in [1.82, 2.24) is 4.90 Å². The fraction of sp³-hybridized carbons (Fsp3) is 0.625. The molecular weight excluding hydrogens is 284 g/mol. The van der Waals surface area contributed by atoms with Gasteiger partial charge in [0.1, 0.15) is 9.84 Å². The Kier molecular flexibility index (Phi) is 4.94. The van der Waals surface area contributed by atoms with Crippen LogP contribution < -0.4 is 5.73 Å². The summed E-state index contributed by atoms with van der Waals surface area (Å²) in [6.45, 7) is 2.15. The first-order valence-corrected chi connectivity index (χ1v) is 9.50. The maximum Gasteiger partial charge on any atom is 0.150 e. The van der Waals surface area contributed by atoms with Crippen molar-refractivity contribution in [2.75, 3.05) is 19.0 Å². The van der Waals surface area contributed by atoms with Gasteiger partial charge in [-0.2, -0.15) is 0 Å². The molecule has 2 N–H and O–H groups in total. The lowest BCUT2D eigenvalue weighted by Gasteiger charge is -2.38. The number of nitrogen functional groups attached to an aromatic ring is 1. The summed E-state index contributed by atoms with van der Waals surface area (Å²) in [6.07, 6.45) is 4.95. The van der Waals surface area contributed by atoms with Gasteiger partial charge in [0.25, 0.3) is 0 Å². The maximum atomic E-state index is 11.8. The molecule has 0 amide bonds. The number of hydrogen-bond acceptors (Lipinski definition) is 4. The van der Waals surface area contributed by atoms with E-state index in [1.807, 2.05) is 18.2 Å². The van der Waals surface area contributed by atoms with E-state index in [0.29, 0.717) is 6.04 Å². The topological polar surface area (TPSA) is 63.4 Å². The molecule has 0 aliphatic heterocycles. The predicted molar refractivity (Wildman–Crippen MR) is 87.9 cm³/mol. The highest BCUT2D eigenvalue weighted by Gasteiger charge is 2.32. The third-order valence-corrected chi connectivity index (χ3v) is 6.42. The number of benzene rings is 1. The third kappa shape index (κ3) is 3.98. The molecule has 3 unspecified atom stereocenters. The largest absolute Gasteiger partial charge is 0.399 e. The summed E-state index contributed by atoms with van der Waals surface area (Å²) in [4.78, 5) is 2.30. The fourth-order valence-electron chi connectivity index (χ4n) is 3.25. The van der Waals surface area contributed by atoms with Crippen LogP contribution >= 0.6 is 0 Å². The molecule has 1 fully saturated rings. The van der Waals surface area contributed by atoms with Crippen LogP contribution in [0.2, 0.25) is 0 Å². The van der Waals surface area contributed by atoms with Crippen LogP contribution in [0.15, 0.2) is 24.3 Å². The molecule has 21 heavy (non-hydrogen) atoms. The van der Waals surface area contributed by atoms with Crippen molar-refractivity contribution in [3.63, 3.8) is 0 Å². The molecule has 1 aliphatic carbocycles. The molecule has 3 atom stereocenters. The smallest absolute Gasteiger partial charge is 0.150 e. The fourth-order valence-corrected chi connectivity index (χ4v) is 4.42. The van der Waals surface area contributed by atoms with E-state index in [1.165, 1.54) is 11.8 Å². The molecule has 1 aromatic rings. The monoisotopic (exact) mass is 310 g/mol. The minimum atomic E-state index is -2.94. The predicted octanol–water partition coefficient (Wildman–Crippen LogP) is 2.62. The molecule has 118 valence electrons. The van der Waals surface area contributed by atoms with E-state index in [4.69, 9.17) is 5.73 Å². The first kappa shape index (κ1) is 16.3. The second kappa shape index (κ2) is 6.36. The van der Waals surface area contributed by atoms with E-state index in [0.717, 1.165) is 31.4 Å². The van der Waals surface area contributed by atoms with Crippen molar-refractivity contribution in [2.24, 2.45) is 0 Å². The van der Waals surface area contributed by atoms with Crippen LogP contribution in [0.3, 0.4) is 0 Å². The normalized spacial score (nSPS) is 25.0. The van der Waals surface area contributed by atoms with Crippen LogP contribution in [-0.2, 0) is 9.84 Å². The molecule has 1 saturated carbocycles. The lowest BCUT2D eigenvalue weighted by Crippen LogP contribution is -2.41. The van der Waals surface area contributed by atoms with Gasteiger partial charge < -0.3 is 5.73 Å². The quantitative estimate of drug-likeness (QED) is 0.868. The summed E-state index contributed by atoms with van der Waals surface area (Å²) >= 11 is 0.